The van der Waals surface area contributed by atoms with Gasteiger partial charge in [0.2, 0.25) is 0 Å². The molecule has 0 saturated heterocycles. The molecule has 0 aliphatic heterocycles. The number of carbonyl (C=O) groups is 1. The Morgan fingerprint density at radius 1 is 1.41 bits per heavy atom. The summed E-state index contributed by atoms with van der Waals surface area (Å²) in [4.78, 5) is 12.7. The zero-order chi connectivity index (χ0) is 21.1. The number of furan rings is 1. The number of fused-ring (bicyclic) bond motifs is 1. The number of methoxy groups -OCH3 is 1. The lowest BCUT2D eigenvalue weighted by molar-refractivity contribution is -0.168. The fraction of sp³-hybridized carbons (Fsp3) is 0.708. The maximum Gasteiger partial charge on any atom is 0.311 e. The molecule has 5 nitrogen and oxygen atoms in total. The van der Waals surface area contributed by atoms with Gasteiger partial charge in [-0.2, -0.15) is 0 Å². The van der Waals surface area contributed by atoms with Crippen molar-refractivity contribution in [3.8, 4) is 0 Å². The van der Waals surface area contributed by atoms with Crippen LogP contribution in [0, 0.1) is 22.7 Å². The lowest BCUT2D eigenvalue weighted by Crippen LogP contribution is -2.53. The molecule has 1 aromatic heterocycles. The van der Waals surface area contributed by atoms with Gasteiger partial charge in [-0.25, -0.2) is 0 Å². The maximum absolute atomic E-state index is 12.7. The molecule has 2 N–H and O–H groups in total. The molecule has 0 aromatic carbocycles. The largest absolute Gasteiger partial charge is 0.469 e. The van der Waals surface area contributed by atoms with Gasteiger partial charge < -0.3 is 19.6 Å². The number of esters is 1. The predicted octanol–water partition coefficient (Wildman–Crippen LogP) is 4.25. The molecule has 0 spiro atoms. The number of aryl methyl sites for hydroxylation is 1. The van der Waals surface area contributed by atoms with Crippen molar-refractivity contribution in [1.29, 1.82) is 0 Å². The summed E-state index contributed by atoms with van der Waals surface area (Å²) in [6, 6.07) is 2.06. The summed E-state index contributed by atoms with van der Waals surface area (Å²) in [6.45, 7) is 10.3. The Bertz CT molecular complexity index is 726. The molecule has 0 bridgehead atoms. The van der Waals surface area contributed by atoms with E-state index in [2.05, 4.69) is 31.8 Å². The van der Waals surface area contributed by atoms with Crippen LogP contribution in [0.5, 0.6) is 0 Å². The number of aliphatic hydroxyl groups excluding tert-OH is 1. The van der Waals surface area contributed by atoms with Gasteiger partial charge in [0, 0.05) is 6.54 Å². The fourth-order valence-corrected chi connectivity index (χ4v) is 6.29. The number of ether oxygens (including phenoxy) is 1. The van der Waals surface area contributed by atoms with Crippen molar-refractivity contribution in [1.82, 2.24) is 5.32 Å². The van der Waals surface area contributed by atoms with Crippen LogP contribution >= 0.6 is 0 Å². The van der Waals surface area contributed by atoms with Crippen LogP contribution in [0.1, 0.15) is 63.7 Å². The summed E-state index contributed by atoms with van der Waals surface area (Å²) in [7, 11) is 1.52. The fourth-order valence-electron chi connectivity index (χ4n) is 6.29. The SMILES string of the molecule is C=C1CC[C@H]2[C@](C)(CCC[C@]2(C)C(=O)OC)[C@H]1CCc1ccoc1CNCCO. The van der Waals surface area contributed by atoms with Crippen molar-refractivity contribution >= 4 is 5.97 Å². The van der Waals surface area contributed by atoms with Gasteiger partial charge in [-0.15, -0.1) is 0 Å². The maximum atomic E-state index is 12.7. The Kier molecular flexibility index (Phi) is 6.90. The Balaban J connectivity index is 1.76. The third-order valence-electron chi connectivity index (χ3n) is 7.79. The van der Waals surface area contributed by atoms with Crippen LogP contribution in [-0.4, -0.2) is 31.3 Å². The lowest BCUT2D eigenvalue weighted by atomic mass is 9.46. The monoisotopic (exact) mass is 403 g/mol. The minimum absolute atomic E-state index is 0.0493. The van der Waals surface area contributed by atoms with Gasteiger partial charge >= 0.3 is 5.97 Å². The van der Waals surface area contributed by atoms with Crippen LogP contribution in [0.25, 0.3) is 0 Å². The highest BCUT2D eigenvalue weighted by atomic mass is 16.5. The first kappa shape index (κ1) is 22.1. The van der Waals surface area contributed by atoms with E-state index >= 15 is 0 Å². The van der Waals surface area contributed by atoms with Crippen molar-refractivity contribution in [2.45, 2.75) is 65.3 Å². The van der Waals surface area contributed by atoms with Crippen LogP contribution in [0.15, 0.2) is 28.9 Å². The number of carbonyl (C=O) groups excluding carboxylic acids is 1. The highest BCUT2D eigenvalue weighted by molar-refractivity contribution is 5.77. The van der Waals surface area contributed by atoms with Crippen molar-refractivity contribution in [2.75, 3.05) is 20.3 Å². The zero-order valence-corrected chi connectivity index (χ0v) is 18.3. The Hall–Kier alpha value is -1.59. The van der Waals surface area contributed by atoms with Crippen LogP contribution < -0.4 is 5.32 Å². The van der Waals surface area contributed by atoms with E-state index in [9.17, 15) is 4.79 Å². The summed E-state index contributed by atoms with van der Waals surface area (Å²) in [5.41, 5.74) is 2.24. The standard InChI is InChI=1S/C24H37NO4/c1-17-6-9-21-23(2,11-5-12-24(21,3)22(27)28-4)19(17)8-7-18-10-15-29-20(18)16-25-13-14-26/h10,15,19,21,25-26H,1,5-9,11-14,16H2,2-4H3/t19-,21-,23+,24-/m0/s1. The topological polar surface area (TPSA) is 71.7 Å². The van der Waals surface area contributed by atoms with Crippen LogP contribution in [0.4, 0.5) is 0 Å². The number of nitrogens with one attached hydrogen (secondary N) is 1. The van der Waals surface area contributed by atoms with E-state index in [0.717, 1.165) is 50.7 Å². The first-order chi connectivity index (χ1) is 13.9. The number of allylic oxidation sites excluding steroid dienone is 1. The van der Waals surface area contributed by atoms with Gasteiger partial charge in [-0.1, -0.05) is 25.5 Å². The first-order valence-electron chi connectivity index (χ1n) is 11.0. The van der Waals surface area contributed by atoms with E-state index in [1.54, 1.807) is 6.26 Å². The Morgan fingerprint density at radius 2 is 2.21 bits per heavy atom. The average Bonchev–Trinajstić information content (AvgIpc) is 3.14. The highest BCUT2D eigenvalue weighted by Crippen LogP contribution is 2.62. The van der Waals surface area contributed by atoms with Crippen molar-refractivity contribution in [3.63, 3.8) is 0 Å². The molecule has 2 aliphatic rings. The number of aliphatic hydroxyl groups is 1. The molecule has 2 aliphatic carbocycles. The molecule has 29 heavy (non-hydrogen) atoms. The molecule has 1 heterocycles. The normalized spacial score (nSPS) is 32.1. The summed E-state index contributed by atoms with van der Waals surface area (Å²) < 4.78 is 10.9. The number of hydrogen-bond acceptors (Lipinski definition) is 5. The molecule has 2 fully saturated rings. The molecule has 1 aromatic rings. The summed E-state index contributed by atoms with van der Waals surface area (Å²) in [6.07, 6.45) is 8.85. The molecule has 5 heteroatoms. The van der Waals surface area contributed by atoms with Gasteiger partial charge in [-0.05, 0) is 74.3 Å². The minimum Gasteiger partial charge on any atom is -0.469 e. The summed E-state index contributed by atoms with van der Waals surface area (Å²) >= 11 is 0. The molecule has 0 radical (unpaired) electrons. The van der Waals surface area contributed by atoms with E-state index < -0.39 is 5.41 Å². The molecule has 162 valence electrons. The lowest BCUT2D eigenvalue weighted by Gasteiger charge is -2.57. The van der Waals surface area contributed by atoms with E-state index in [-0.39, 0.29) is 18.0 Å². The third-order valence-corrected chi connectivity index (χ3v) is 7.79. The molecular weight excluding hydrogens is 366 g/mol. The van der Waals surface area contributed by atoms with Crippen molar-refractivity contribution in [3.05, 3.63) is 35.8 Å². The second-order valence-corrected chi connectivity index (χ2v) is 9.38. The quantitative estimate of drug-likeness (QED) is 0.386. The van der Waals surface area contributed by atoms with E-state index in [0.29, 0.717) is 24.9 Å². The predicted molar refractivity (Wildman–Crippen MR) is 113 cm³/mol. The second-order valence-electron chi connectivity index (χ2n) is 9.38. The van der Waals surface area contributed by atoms with Gasteiger partial charge in [-0.3, -0.25) is 4.79 Å². The highest BCUT2D eigenvalue weighted by Gasteiger charge is 2.57. The third kappa shape index (κ3) is 4.17. The van der Waals surface area contributed by atoms with Gasteiger partial charge in [0.25, 0.3) is 0 Å². The van der Waals surface area contributed by atoms with Crippen molar-refractivity contribution < 1.29 is 19.1 Å². The molecule has 4 atom stereocenters. The molecule has 3 rings (SSSR count). The van der Waals surface area contributed by atoms with E-state index in [1.165, 1.54) is 18.2 Å². The van der Waals surface area contributed by atoms with Crippen LogP contribution in [0.3, 0.4) is 0 Å². The average molecular weight is 404 g/mol. The van der Waals surface area contributed by atoms with Gasteiger partial charge in [0.05, 0.1) is 31.9 Å². The minimum atomic E-state index is -0.393. The second kappa shape index (κ2) is 9.05. The van der Waals surface area contributed by atoms with Crippen molar-refractivity contribution in [2.24, 2.45) is 22.7 Å². The Morgan fingerprint density at radius 3 is 2.93 bits per heavy atom. The number of hydrogen-bond donors (Lipinski definition) is 2. The number of rotatable bonds is 8. The van der Waals surface area contributed by atoms with Gasteiger partial charge in [0.1, 0.15) is 5.76 Å². The molecular formula is C24H37NO4. The molecule has 0 amide bonds. The van der Waals surface area contributed by atoms with E-state index in [1.807, 2.05) is 0 Å². The summed E-state index contributed by atoms with van der Waals surface area (Å²) in [5, 5.41) is 12.2. The smallest absolute Gasteiger partial charge is 0.311 e. The van der Waals surface area contributed by atoms with Crippen LogP contribution in [-0.2, 0) is 22.5 Å². The first-order valence-corrected chi connectivity index (χ1v) is 11.0. The summed E-state index contributed by atoms with van der Waals surface area (Å²) in [5.74, 6) is 1.64. The van der Waals surface area contributed by atoms with Crippen LogP contribution in [0.2, 0.25) is 0 Å². The van der Waals surface area contributed by atoms with E-state index in [4.69, 9.17) is 14.3 Å². The van der Waals surface area contributed by atoms with Gasteiger partial charge in [0.15, 0.2) is 0 Å². The Labute approximate surface area is 174 Å². The zero-order valence-electron chi connectivity index (χ0n) is 18.3. The molecule has 0 unspecified atom stereocenters. The molecule has 2 saturated carbocycles.